The summed E-state index contributed by atoms with van der Waals surface area (Å²) in [6, 6.07) is 8.06. The van der Waals surface area contributed by atoms with Crippen LogP contribution >= 0.6 is 0 Å². The van der Waals surface area contributed by atoms with Crippen molar-refractivity contribution in [3.8, 4) is 0 Å². The molecule has 0 aliphatic heterocycles. The topological polar surface area (TPSA) is 66.9 Å². The van der Waals surface area contributed by atoms with Gasteiger partial charge in [0.25, 0.3) is 5.91 Å². The van der Waals surface area contributed by atoms with Crippen molar-refractivity contribution in [2.75, 3.05) is 11.9 Å². The number of para-hydroxylation sites is 1. The van der Waals surface area contributed by atoms with Crippen molar-refractivity contribution >= 4 is 17.4 Å². The summed E-state index contributed by atoms with van der Waals surface area (Å²) < 4.78 is 0. The predicted octanol–water partition coefficient (Wildman–Crippen LogP) is 2.92. The van der Waals surface area contributed by atoms with Crippen LogP contribution < -0.4 is 10.6 Å². The first kappa shape index (κ1) is 15.0. The maximum atomic E-state index is 11.7. The average Bonchev–Trinajstić information content (AvgIpc) is 2.54. The molecule has 1 heterocycles. The van der Waals surface area contributed by atoms with Gasteiger partial charge in [0.15, 0.2) is 0 Å². The maximum absolute atomic E-state index is 11.7. The first-order chi connectivity index (χ1) is 10.2. The van der Waals surface area contributed by atoms with E-state index in [9.17, 15) is 4.79 Å². The van der Waals surface area contributed by atoms with Crippen molar-refractivity contribution in [1.29, 1.82) is 0 Å². The molecule has 1 aromatic carbocycles. The second-order valence-electron chi connectivity index (χ2n) is 4.68. The Bertz CT molecular complexity index is 595. The molecule has 0 saturated heterocycles. The highest BCUT2D eigenvalue weighted by molar-refractivity contribution is 5.92. The van der Waals surface area contributed by atoms with Crippen LogP contribution in [-0.2, 0) is 6.42 Å². The van der Waals surface area contributed by atoms with Gasteiger partial charge in [-0.2, -0.15) is 0 Å². The van der Waals surface area contributed by atoms with Crippen molar-refractivity contribution in [2.45, 2.75) is 26.7 Å². The van der Waals surface area contributed by atoms with E-state index in [2.05, 4.69) is 33.6 Å². The van der Waals surface area contributed by atoms with Gasteiger partial charge in [0.05, 0.1) is 12.4 Å². The second-order valence-corrected chi connectivity index (χ2v) is 4.68. The Kier molecular flexibility index (Phi) is 5.26. The number of aromatic nitrogens is 2. The Morgan fingerprint density at radius 1 is 1.14 bits per heavy atom. The minimum atomic E-state index is -0.190. The van der Waals surface area contributed by atoms with E-state index in [0.717, 1.165) is 18.5 Å². The monoisotopic (exact) mass is 284 g/mol. The van der Waals surface area contributed by atoms with Crippen LogP contribution in [-0.4, -0.2) is 22.4 Å². The summed E-state index contributed by atoms with van der Waals surface area (Å²) in [5, 5.41) is 6.00. The van der Waals surface area contributed by atoms with Crippen LogP contribution in [0.25, 0.3) is 0 Å². The van der Waals surface area contributed by atoms with E-state index < -0.39 is 0 Å². The van der Waals surface area contributed by atoms with E-state index in [1.54, 1.807) is 6.20 Å². The molecule has 0 spiro atoms. The van der Waals surface area contributed by atoms with Gasteiger partial charge in [-0.25, -0.2) is 9.97 Å². The lowest BCUT2D eigenvalue weighted by molar-refractivity contribution is 0.0948. The zero-order valence-corrected chi connectivity index (χ0v) is 12.4. The Morgan fingerprint density at radius 2 is 1.95 bits per heavy atom. The lowest BCUT2D eigenvalue weighted by Crippen LogP contribution is -2.25. The predicted molar refractivity (Wildman–Crippen MR) is 83.8 cm³/mol. The van der Waals surface area contributed by atoms with Crippen LogP contribution in [0.4, 0.5) is 11.5 Å². The minimum absolute atomic E-state index is 0.190. The molecule has 110 valence electrons. The smallest absolute Gasteiger partial charge is 0.271 e. The largest absolute Gasteiger partial charge is 0.351 e. The van der Waals surface area contributed by atoms with Gasteiger partial charge >= 0.3 is 0 Å². The highest BCUT2D eigenvalue weighted by atomic mass is 16.1. The summed E-state index contributed by atoms with van der Waals surface area (Å²) in [5.41, 5.74) is 2.55. The van der Waals surface area contributed by atoms with E-state index in [-0.39, 0.29) is 5.91 Å². The molecule has 0 atom stereocenters. The zero-order chi connectivity index (χ0) is 15.1. The molecule has 2 N–H and O–H groups in total. The quantitative estimate of drug-likeness (QED) is 0.856. The number of rotatable bonds is 6. The molecule has 2 rings (SSSR count). The highest BCUT2D eigenvalue weighted by Gasteiger charge is 2.07. The first-order valence-corrected chi connectivity index (χ1v) is 7.19. The summed E-state index contributed by atoms with van der Waals surface area (Å²) in [4.78, 5) is 20.1. The summed E-state index contributed by atoms with van der Waals surface area (Å²) >= 11 is 0. The number of hydrogen-bond acceptors (Lipinski definition) is 4. The van der Waals surface area contributed by atoms with Crippen molar-refractivity contribution in [1.82, 2.24) is 15.3 Å². The van der Waals surface area contributed by atoms with Crippen LogP contribution in [0.2, 0.25) is 0 Å². The third kappa shape index (κ3) is 4.02. The molecule has 21 heavy (non-hydrogen) atoms. The molecule has 0 unspecified atom stereocenters. The Hall–Kier alpha value is -2.43. The Balaban J connectivity index is 2.07. The van der Waals surface area contributed by atoms with Crippen LogP contribution in [0.15, 0.2) is 36.7 Å². The number of carbonyl (C=O) groups is 1. The van der Waals surface area contributed by atoms with Crippen molar-refractivity contribution < 1.29 is 4.79 Å². The van der Waals surface area contributed by atoms with Crippen LogP contribution in [0.3, 0.4) is 0 Å². The Labute approximate surface area is 124 Å². The zero-order valence-electron chi connectivity index (χ0n) is 12.4. The van der Waals surface area contributed by atoms with E-state index in [1.807, 2.05) is 25.1 Å². The minimum Gasteiger partial charge on any atom is -0.351 e. The fourth-order valence-corrected chi connectivity index (χ4v) is 1.93. The molecular formula is C16H20N4O. The number of benzene rings is 1. The summed E-state index contributed by atoms with van der Waals surface area (Å²) in [7, 11) is 0. The molecule has 5 nitrogen and oxygen atoms in total. The van der Waals surface area contributed by atoms with Gasteiger partial charge in [0.1, 0.15) is 11.5 Å². The molecule has 0 fully saturated rings. The highest BCUT2D eigenvalue weighted by Crippen LogP contribution is 2.19. The molecule has 1 aromatic heterocycles. The molecular weight excluding hydrogens is 264 g/mol. The van der Waals surface area contributed by atoms with E-state index in [0.29, 0.717) is 18.1 Å². The van der Waals surface area contributed by atoms with E-state index in [4.69, 9.17) is 0 Å². The summed E-state index contributed by atoms with van der Waals surface area (Å²) in [5.74, 6) is 0.438. The van der Waals surface area contributed by atoms with Gasteiger partial charge in [0, 0.05) is 12.2 Å². The molecule has 0 bridgehead atoms. The average molecular weight is 284 g/mol. The third-order valence-corrected chi connectivity index (χ3v) is 3.08. The van der Waals surface area contributed by atoms with Crippen molar-refractivity contribution in [3.05, 3.63) is 47.9 Å². The standard InChI is InChI=1S/C16H20N4O/c1-3-9-17-16(21)14-10-19-15(11-18-14)20-13-8-6-5-7-12(13)4-2/h5-8,10-11H,3-4,9H2,1-2H3,(H,17,21)(H,19,20). The molecule has 5 heteroatoms. The van der Waals surface area contributed by atoms with E-state index >= 15 is 0 Å². The second kappa shape index (κ2) is 7.38. The SMILES string of the molecule is CCCNC(=O)c1cnc(Nc2ccccc2CC)cn1. The van der Waals surface area contributed by atoms with E-state index in [1.165, 1.54) is 11.8 Å². The summed E-state index contributed by atoms with van der Waals surface area (Å²) in [6.45, 7) is 4.75. The van der Waals surface area contributed by atoms with Gasteiger partial charge in [-0.05, 0) is 24.5 Å². The van der Waals surface area contributed by atoms with Crippen molar-refractivity contribution in [3.63, 3.8) is 0 Å². The number of anilines is 2. The number of amides is 1. The van der Waals surface area contributed by atoms with Crippen molar-refractivity contribution in [2.24, 2.45) is 0 Å². The maximum Gasteiger partial charge on any atom is 0.271 e. The lowest BCUT2D eigenvalue weighted by atomic mass is 10.1. The normalized spacial score (nSPS) is 10.2. The number of nitrogens with one attached hydrogen (secondary N) is 2. The molecule has 0 radical (unpaired) electrons. The Morgan fingerprint density at radius 3 is 2.62 bits per heavy atom. The first-order valence-electron chi connectivity index (χ1n) is 7.19. The fourth-order valence-electron chi connectivity index (χ4n) is 1.93. The van der Waals surface area contributed by atoms with Gasteiger partial charge in [-0.1, -0.05) is 32.0 Å². The molecule has 0 aliphatic carbocycles. The fraction of sp³-hybridized carbons (Fsp3) is 0.312. The van der Waals surface area contributed by atoms with Gasteiger partial charge < -0.3 is 10.6 Å². The molecule has 1 amide bonds. The number of carbonyl (C=O) groups excluding carboxylic acids is 1. The van der Waals surface area contributed by atoms with Crippen LogP contribution in [0, 0.1) is 0 Å². The van der Waals surface area contributed by atoms with Crippen LogP contribution in [0.1, 0.15) is 36.3 Å². The number of aryl methyl sites for hydroxylation is 1. The number of hydrogen-bond donors (Lipinski definition) is 2. The van der Waals surface area contributed by atoms with Gasteiger partial charge in [-0.15, -0.1) is 0 Å². The van der Waals surface area contributed by atoms with Gasteiger partial charge in [-0.3, -0.25) is 4.79 Å². The third-order valence-electron chi connectivity index (χ3n) is 3.08. The summed E-state index contributed by atoms with van der Waals surface area (Å²) in [6.07, 6.45) is 4.90. The lowest BCUT2D eigenvalue weighted by Gasteiger charge is -2.10. The number of nitrogens with zero attached hydrogens (tertiary/aromatic N) is 2. The van der Waals surface area contributed by atoms with Crippen LogP contribution in [0.5, 0.6) is 0 Å². The molecule has 0 aliphatic rings. The van der Waals surface area contributed by atoms with Gasteiger partial charge in [0.2, 0.25) is 0 Å². The molecule has 2 aromatic rings. The molecule has 0 saturated carbocycles.